The predicted octanol–water partition coefficient (Wildman–Crippen LogP) is 4.55. The minimum atomic E-state index is -0.714. The Bertz CT molecular complexity index is 1640. The number of hydrogen-bond acceptors (Lipinski definition) is 11. The van der Waals surface area contributed by atoms with Crippen molar-refractivity contribution in [1.82, 2.24) is 15.0 Å². The lowest BCUT2D eigenvalue weighted by Crippen LogP contribution is -2.24. The summed E-state index contributed by atoms with van der Waals surface area (Å²) in [6.07, 6.45) is 1.94. The predicted molar refractivity (Wildman–Crippen MR) is 146 cm³/mol. The van der Waals surface area contributed by atoms with E-state index in [4.69, 9.17) is 27.8 Å². The first-order valence-electron chi connectivity index (χ1n) is 12.0. The molecule has 12 heteroatoms. The van der Waals surface area contributed by atoms with Crippen LogP contribution >= 0.6 is 11.6 Å². The zero-order chi connectivity index (χ0) is 27.8. The third-order valence-electron chi connectivity index (χ3n) is 6.23. The van der Waals surface area contributed by atoms with Crippen molar-refractivity contribution in [2.75, 3.05) is 23.3 Å². The number of unbranched alkanes of at least 4 members (excludes halogenated alkanes) is 1. The molecule has 11 nitrogen and oxygen atoms in total. The number of nitrogens with one attached hydrogen (secondary N) is 1. The van der Waals surface area contributed by atoms with E-state index in [9.17, 15) is 19.8 Å². The topological polar surface area (TPSA) is 187 Å². The van der Waals surface area contributed by atoms with E-state index in [1.54, 1.807) is 24.3 Å². The number of aromatic hydroxyl groups is 2. The summed E-state index contributed by atoms with van der Waals surface area (Å²) in [7, 11) is 0. The minimum Gasteiger partial charge on any atom is -0.507 e. The molecule has 0 radical (unpaired) electrons. The van der Waals surface area contributed by atoms with E-state index in [1.165, 1.54) is 18.2 Å². The van der Waals surface area contributed by atoms with E-state index in [-0.39, 0.29) is 50.5 Å². The number of aromatic nitrogens is 3. The highest BCUT2D eigenvalue weighted by atomic mass is 35.5. The maximum atomic E-state index is 13.4. The van der Waals surface area contributed by atoms with Gasteiger partial charge in [-0.2, -0.15) is 15.0 Å². The lowest BCUT2D eigenvalue weighted by Gasteiger charge is -2.23. The molecular weight excluding hydrogens is 524 g/mol. The van der Waals surface area contributed by atoms with E-state index >= 15 is 0 Å². The van der Waals surface area contributed by atoms with Crippen LogP contribution < -0.4 is 21.5 Å². The van der Waals surface area contributed by atoms with Crippen molar-refractivity contribution < 1.29 is 24.5 Å². The Hall–Kier alpha value is -4.90. The molecule has 0 amide bonds. The molecule has 0 aliphatic heterocycles. The van der Waals surface area contributed by atoms with Gasteiger partial charge in [0.25, 0.3) is 0 Å². The van der Waals surface area contributed by atoms with Crippen molar-refractivity contribution in [2.24, 2.45) is 0 Å². The number of phenolic OH excluding ortho intramolecular Hbond substituents is 2. The molecule has 0 spiro atoms. The molecule has 4 aromatic rings. The number of ether oxygens (including phenoxy) is 1. The number of nitrogen functional groups attached to an aromatic ring is 2. The van der Waals surface area contributed by atoms with Crippen molar-refractivity contribution in [3.8, 4) is 34.4 Å². The fourth-order valence-corrected chi connectivity index (χ4v) is 4.51. The van der Waals surface area contributed by atoms with Crippen molar-refractivity contribution in [1.29, 1.82) is 0 Å². The number of halogens is 1. The van der Waals surface area contributed by atoms with Crippen LogP contribution in [0, 0.1) is 0 Å². The van der Waals surface area contributed by atoms with Gasteiger partial charge in [-0.15, -0.1) is 0 Å². The number of nitrogens with two attached hydrogens (primary N) is 2. The monoisotopic (exact) mass is 546 g/mol. The highest BCUT2D eigenvalue weighted by Gasteiger charge is 2.38. The summed E-state index contributed by atoms with van der Waals surface area (Å²) in [6.45, 7) is 2.74. The molecule has 1 heterocycles. The van der Waals surface area contributed by atoms with Crippen molar-refractivity contribution in [3.63, 3.8) is 0 Å². The van der Waals surface area contributed by atoms with Crippen LogP contribution in [0.4, 0.5) is 17.3 Å². The normalized spacial score (nSPS) is 12.2. The maximum absolute atomic E-state index is 13.4. The Morgan fingerprint density at radius 1 is 0.897 bits per heavy atom. The third kappa shape index (κ3) is 4.64. The van der Waals surface area contributed by atoms with Crippen molar-refractivity contribution in [2.45, 2.75) is 19.8 Å². The molecule has 3 aromatic carbocycles. The first kappa shape index (κ1) is 25.7. The van der Waals surface area contributed by atoms with Gasteiger partial charge in [-0.25, -0.2) is 0 Å². The van der Waals surface area contributed by atoms with E-state index < -0.39 is 23.1 Å². The van der Waals surface area contributed by atoms with Crippen LogP contribution in [-0.4, -0.2) is 43.3 Å². The number of phenols is 2. The van der Waals surface area contributed by atoms with E-state index in [0.29, 0.717) is 23.8 Å². The Labute approximate surface area is 227 Å². The number of carbonyl (C=O) groups is 2. The van der Waals surface area contributed by atoms with Gasteiger partial charge in [0.15, 0.2) is 0 Å². The second-order valence-corrected chi connectivity index (χ2v) is 9.15. The summed E-state index contributed by atoms with van der Waals surface area (Å²) < 4.78 is 5.73. The van der Waals surface area contributed by atoms with E-state index in [0.717, 1.165) is 12.8 Å². The summed E-state index contributed by atoms with van der Waals surface area (Å²) in [5.74, 6) is -1.59. The molecule has 1 aliphatic carbocycles. The fourth-order valence-electron chi connectivity index (χ4n) is 4.35. The molecular formula is C27H23ClN6O5. The number of fused-ring (bicyclic) bond motifs is 2. The molecule has 0 unspecified atom stereocenters. The molecule has 0 saturated carbocycles. The average Bonchev–Trinajstić information content (AvgIpc) is 2.90. The lowest BCUT2D eigenvalue weighted by molar-refractivity contribution is 0.0975. The number of nitrogens with zero attached hydrogens (tertiary/aromatic N) is 3. The molecule has 1 aliphatic rings. The Morgan fingerprint density at radius 3 is 2.31 bits per heavy atom. The van der Waals surface area contributed by atoms with Gasteiger partial charge < -0.3 is 31.7 Å². The second kappa shape index (κ2) is 10.1. The van der Waals surface area contributed by atoms with Gasteiger partial charge in [-0.3, -0.25) is 9.59 Å². The highest BCUT2D eigenvalue weighted by Crippen LogP contribution is 2.45. The summed E-state index contributed by atoms with van der Waals surface area (Å²) in [5.41, 5.74) is 11.9. The molecule has 198 valence electrons. The summed E-state index contributed by atoms with van der Waals surface area (Å²) in [5, 5.41) is 24.4. The van der Waals surface area contributed by atoms with Crippen LogP contribution in [-0.2, 0) is 0 Å². The maximum Gasteiger partial charge on any atom is 0.328 e. The van der Waals surface area contributed by atoms with Crippen LogP contribution in [0.3, 0.4) is 0 Å². The van der Waals surface area contributed by atoms with Crippen molar-refractivity contribution >= 4 is 40.5 Å². The molecule has 0 atom stereocenters. The summed E-state index contributed by atoms with van der Waals surface area (Å²) >= 11 is 6.00. The molecule has 5 rings (SSSR count). The van der Waals surface area contributed by atoms with Crippen molar-refractivity contribution in [3.05, 3.63) is 70.0 Å². The lowest BCUT2D eigenvalue weighted by atomic mass is 9.80. The zero-order valence-corrected chi connectivity index (χ0v) is 21.4. The van der Waals surface area contributed by atoms with Gasteiger partial charge in [0.2, 0.25) is 22.8 Å². The Kier molecular flexibility index (Phi) is 6.67. The Balaban J connectivity index is 1.47. The molecule has 1 aromatic heterocycles. The van der Waals surface area contributed by atoms with E-state index in [1.807, 2.05) is 0 Å². The van der Waals surface area contributed by atoms with Gasteiger partial charge in [0, 0.05) is 23.5 Å². The fraction of sp³-hybridized carbons (Fsp3) is 0.148. The summed E-state index contributed by atoms with van der Waals surface area (Å²) in [4.78, 5) is 38.8. The van der Waals surface area contributed by atoms with Crippen LogP contribution in [0.15, 0.2) is 42.5 Å². The second-order valence-electron chi connectivity index (χ2n) is 8.81. The number of ketones is 2. The smallest absolute Gasteiger partial charge is 0.328 e. The summed E-state index contributed by atoms with van der Waals surface area (Å²) in [6, 6.07) is 10.4. The molecule has 0 fully saturated rings. The number of carbonyl (C=O) groups excluding carboxylic acids is 2. The average molecular weight is 547 g/mol. The van der Waals surface area contributed by atoms with Crippen LogP contribution in [0.5, 0.6) is 23.3 Å². The molecule has 0 saturated heterocycles. The van der Waals surface area contributed by atoms with Gasteiger partial charge >= 0.3 is 6.01 Å². The number of benzene rings is 3. The van der Waals surface area contributed by atoms with Gasteiger partial charge in [0.1, 0.15) is 17.2 Å². The first-order chi connectivity index (χ1) is 18.7. The number of hydrogen-bond donors (Lipinski definition) is 5. The largest absolute Gasteiger partial charge is 0.507 e. The van der Waals surface area contributed by atoms with Gasteiger partial charge in [-0.1, -0.05) is 25.5 Å². The standard InChI is InChI=1S/C27H23ClN6O5/c1-2-3-10-31-26-32-25(28)33-27(34-26)39-13-6-4-12(5-7-13)14-11-16(30)19-21(22(14)36)24(38)18-15(29)8-9-17(35)20(18)23(19)37/h4-9,11,35-36H,2-3,10,29-30H2,1H3,(H,31,32,33,34). The quantitative estimate of drug-likeness (QED) is 0.109. The van der Waals surface area contributed by atoms with Crippen LogP contribution in [0.1, 0.15) is 51.6 Å². The molecule has 0 bridgehead atoms. The third-order valence-corrected chi connectivity index (χ3v) is 6.40. The zero-order valence-electron chi connectivity index (χ0n) is 20.7. The van der Waals surface area contributed by atoms with Gasteiger partial charge in [-0.05, 0) is 53.9 Å². The Morgan fingerprint density at radius 2 is 1.59 bits per heavy atom. The minimum absolute atomic E-state index is 0.00108. The van der Waals surface area contributed by atoms with Gasteiger partial charge in [0.05, 0.1) is 22.3 Å². The van der Waals surface area contributed by atoms with E-state index in [2.05, 4.69) is 27.2 Å². The SMILES string of the molecule is CCCCNc1nc(Cl)nc(Oc2ccc(-c3cc(N)c4c(c3O)C(=O)c3c(N)ccc(O)c3C4=O)cc2)n1. The molecule has 7 N–H and O–H groups in total. The highest BCUT2D eigenvalue weighted by molar-refractivity contribution is 6.33. The van der Waals surface area contributed by atoms with Crippen LogP contribution in [0.2, 0.25) is 5.28 Å². The number of rotatable bonds is 7. The van der Waals surface area contributed by atoms with Crippen LogP contribution in [0.25, 0.3) is 11.1 Å². The molecule has 39 heavy (non-hydrogen) atoms. The first-order valence-corrected chi connectivity index (χ1v) is 12.4. The number of anilines is 3.